The zero-order valence-electron chi connectivity index (χ0n) is 13.6. The molecule has 1 aromatic heterocycles. The molecule has 1 aromatic rings. The van der Waals surface area contributed by atoms with Crippen LogP contribution in [0.15, 0.2) is 4.79 Å². The van der Waals surface area contributed by atoms with Crippen molar-refractivity contribution in [3.05, 3.63) is 27.2 Å². The van der Waals surface area contributed by atoms with Gasteiger partial charge in [0.1, 0.15) is 0 Å². The van der Waals surface area contributed by atoms with Crippen LogP contribution in [0.5, 0.6) is 0 Å². The predicted octanol–water partition coefficient (Wildman–Crippen LogP) is 0.840. The summed E-state index contributed by atoms with van der Waals surface area (Å²) in [7, 11) is 0. The lowest BCUT2D eigenvalue weighted by Crippen LogP contribution is -2.30. The van der Waals surface area contributed by atoms with Crippen molar-refractivity contribution >= 4 is 5.91 Å². The second kappa shape index (κ2) is 7.73. The molecule has 0 spiro atoms. The van der Waals surface area contributed by atoms with Gasteiger partial charge < -0.3 is 10.6 Å². The first-order chi connectivity index (χ1) is 11.2. The zero-order chi connectivity index (χ0) is 16.1. The van der Waals surface area contributed by atoms with Crippen molar-refractivity contribution in [1.82, 2.24) is 20.8 Å². The summed E-state index contributed by atoms with van der Waals surface area (Å²) in [6.45, 7) is 1.74. The van der Waals surface area contributed by atoms with Crippen molar-refractivity contribution < 1.29 is 4.79 Å². The lowest BCUT2D eigenvalue weighted by molar-refractivity contribution is -0.120. The molecule has 0 atom stereocenters. The first kappa shape index (κ1) is 16.2. The van der Waals surface area contributed by atoms with Crippen molar-refractivity contribution in [2.24, 2.45) is 0 Å². The number of aromatic nitrogens is 2. The van der Waals surface area contributed by atoms with Gasteiger partial charge >= 0.3 is 0 Å². The maximum Gasteiger partial charge on any atom is 0.267 e. The average Bonchev–Trinajstić information content (AvgIpc) is 3.38. The zero-order valence-corrected chi connectivity index (χ0v) is 13.6. The van der Waals surface area contributed by atoms with Crippen LogP contribution >= 0.6 is 0 Å². The Labute approximate surface area is 136 Å². The molecule has 126 valence electrons. The summed E-state index contributed by atoms with van der Waals surface area (Å²) in [4.78, 5) is 23.9. The van der Waals surface area contributed by atoms with Gasteiger partial charge in [-0.15, -0.1) is 0 Å². The van der Waals surface area contributed by atoms with Gasteiger partial charge in [0.05, 0.1) is 12.1 Å². The van der Waals surface area contributed by atoms with Gasteiger partial charge in [-0.05, 0) is 63.5 Å². The molecular formula is C17H26N4O2. The first-order valence-electron chi connectivity index (χ1n) is 8.83. The van der Waals surface area contributed by atoms with E-state index in [2.05, 4.69) is 20.8 Å². The van der Waals surface area contributed by atoms with Crippen LogP contribution in [0.3, 0.4) is 0 Å². The Balaban J connectivity index is 1.43. The molecule has 6 nitrogen and oxygen atoms in total. The highest BCUT2D eigenvalue weighted by Crippen LogP contribution is 2.20. The van der Waals surface area contributed by atoms with Gasteiger partial charge in [-0.3, -0.25) is 9.59 Å². The second-order valence-electron chi connectivity index (χ2n) is 6.63. The van der Waals surface area contributed by atoms with Gasteiger partial charge in [-0.2, -0.15) is 5.10 Å². The molecule has 2 aliphatic rings. The highest BCUT2D eigenvalue weighted by Gasteiger charge is 2.20. The molecule has 1 fully saturated rings. The molecule has 0 bridgehead atoms. The summed E-state index contributed by atoms with van der Waals surface area (Å²) < 4.78 is 0. The Morgan fingerprint density at radius 1 is 1.13 bits per heavy atom. The van der Waals surface area contributed by atoms with Gasteiger partial charge in [0.2, 0.25) is 5.91 Å². The van der Waals surface area contributed by atoms with Crippen LogP contribution in [0, 0.1) is 0 Å². The van der Waals surface area contributed by atoms with Gasteiger partial charge in [0.15, 0.2) is 0 Å². The minimum atomic E-state index is -0.0907. The molecule has 6 heteroatoms. The van der Waals surface area contributed by atoms with E-state index in [1.807, 2.05) is 0 Å². The van der Waals surface area contributed by atoms with Crippen LogP contribution in [-0.2, 0) is 24.1 Å². The Kier molecular flexibility index (Phi) is 5.43. The normalized spacial score (nSPS) is 16.9. The second-order valence-corrected chi connectivity index (χ2v) is 6.63. The summed E-state index contributed by atoms with van der Waals surface area (Å²) in [5.74, 6) is -0.00697. The monoisotopic (exact) mass is 318 g/mol. The number of nitrogens with zero attached hydrogens (tertiary/aromatic N) is 1. The van der Waals surface area contributed by atoms with E-state index in [1.165, 1.54) is 12.8 Å². The molecule has 0 saturated heterocycles. The number of nitrogens with one attached hydrogen (secondary N) is 3. The summed E-state index contributed by atoms with van der Waals surface area (Å²) in [6, 6.07) is 0.752. The Bertz CT molecular complexity index is 607. The fourth-order valence-corrected chi connectivity index (χ4v) is 3.16. The van der Waals surface area contributed by atoms with E-state index in [1.54, 1.807) is 0 Å². The van der Waals surface area contributed by atoms with Gasteiger partial charge in [0.25, 0.3) is 5.56 Å². The van der Waals surface area contributed by atoms with Crippen LogP contribution in [0.4, 0.5) is 0 Å². The van der Waals surface area contributed by atoms with Crippen LogP contribution in [-0.4, -0.2) is 35.2 Å². The number of carbonyl (C=O) groups excluding carboxylic acids is 1. The van der Waals surface area contributed by atoms with Crippen LogP contribution in [0.1, 0.15) is 55.3 Å². The van der Waals surface area contributed by atoms with Gasteiger partial charge in [-0.25, -0.2) is 5.10 Å². The van der Waals surface area contributed by atoms with Crippen LogP contribution < -0.4 is 16.2 Å². The van der Waals surface area contributed by atoms with E-state index >= 15 is 0 Å². The topological polar surface area (TPSA) is 86.9 Å². The van der Waals surface area contributed by atoms with Crippen molar-refractivity contribution in [3.8, 4) is 0 Å². The maximum atomic E-state index is 12.1. The highest BCUT2D eigenvalue weighted by molar-refractivity contribution is 5.78. The maximum absolute atomic E-state index is 12.1. The molecular weight excluding hydrogens is 292 g/mol. The fraction of sp³-hybridized carbons (Fsp3) is 0.706. The molecule has 2 aliphatic carbocycles. The van der Waals surface area contributed by atoms with Crippen LogP contribution in [0.25, 0.3) is 0 Å². The van der Waals surface area contributed by atoms with Crippen molar-refractivity contribution in [2.45, 2.75) is 63.8 Å². The molecule has 0 radical (unpaired) electrons. The summed E-state index contributed by atoms with van der Waals surface area (Å²) in [5, 5.41) is 13.1. The van der Waals surface area contributed by atoms with Gasteiger partial charge in [-0.1, -0.05) is 0 Å². The number of carbonyl (C=O) groups is 1. The van der Waals surface area contributed by atoms with Crippen molar-refractivity contribution in [1.29, 1.82) is 0 Å². The molecule has 0 aliphatic heterocycles. The number of hydrogen-bond donors (Lipinski definition) is 3. The minimum absolute atomic E-state index is 0.00697. The van der Waals surface area contributed by atoms with E-state index in [0.717, 1.165) is 67.9 Å². The lowest BCUT2D eigenvalue weighted by Gasteiger charge is -2.17. The Morgan fingerprint density at radius 2 is 1.87 bits per heavy atom. The smallest absolute Gasteiger partial charge is 0.267 e. The Morgan fingerprint density at radius 3 is 2.65 bits per heavy atom. The quantitative estimate of drug-likeness (QED) is 0.620. The molecule has 1 amide bonds. The SMILES string of the molecule is O=C(Cc1n[nH]c(=O)c2c1CCCC2)NCCCCNC1CC1. The molecule has 23 heavy (non-hydrogen) atoms. The van der Waals surface area contributed by atoms with E-state index in [0.29, 0.717) is 6.54 Å². The fourth-order valence-electron chi connectivity index (χ4n) is 3.16. The third kappa shape index (κ3) is 4.64. The number of fused-ring (bicyclic) bond motifs is 1. The van der Waals surface area contributed by atoms with Crippen molar-refractivity contribution in [3.63, 3.8) is 0 Å². The highest BCUT2D eigenvalue weighted by atomic mass is 16.1. The Hall–Kier alpha value is -1.69. The molecule has 1 saturated carbocycles. The number of amides is 1. The van der Waals surface area contributed by atoms with E-state index in [-0.39, 0.29) is 17.9 Å². The van der Waals surface area contributed by atoms with E-state index in [9.17, 15) is 9.59 Å². The standard InChI is InChI=1S/C17H26N4O2/c22-16(19-10-4-3-9-18-12-7-8-12)11-15-13-5-1-2-6-14(13)17(23)21-20-15/h12,18H,1-11H2,(H,19,22)(H,21,23). The third-order valence-electron chi connectivity index (χ3n) is 4.65. The van der Waals surface area contributed by atoms with Gasteiger partial charge in [0, 0.05) is 18.2 Å². The van der Waals surface area contributed by atoms with Crippen LogP contribution in [0.2, 0.25) is 0 Å². The molecule has 3 rings (SSSR count). The average molecular weight is 318 g/mol. The number of hydrogen-bond acceptors (Lipinski definition) is 4. The summed E-state index contributed by atoms with van der Waals surface area (Å²) in [6.07, 6.45) is 8.74. The molecule has 1 heterocycles. The first-order valence-corrected chi connectivity index (χ1v) is 8.83. The van der Waals surface area contributed by atoms with E-state index < -0.39 is 0 Å². The molecule has 0 unspecified atom stereocenters. The number of H-pyrrole nitrogens is 1. The summed E-state index contributed by atoms with van der Waals surface area (Å²) in [5.41, 5.74) is 2.49. The minimum Gasteiger partial charge on any atom is -0.356 e. The molecule has 0 aromatic carbocycles. The summed E-state index contributed by atoms with van der Waals surface area (Å²) >= 11 is 0. The largest absolute Gasteiger partial charge is 0.356 e. The number of rotatable bonds is 8. The third-order valence-corrected chi connectivity index (χ3v) is 4.65. The van der Waals surface area contributed by atoms with E-state index in [4.69, 9.17) is 0 Å². The number of aromatic amines is 1. The van der Waals surface area contributed by atoms with Crippen molar-refractivity contribution in [2.75, 3.05) is 13.1 Å². The predicted molar refractivity (Wildman–Crippen MR) is 88.5 cm³/mol. The lowest BCUT2D eigenvalue weighted by atomic mass is 9.91. The number of unbranched alkanes of at least 4 members (excludes halogenated alkanes) is 1. The molecule has 3 N–H and O–H groups in total.